The third-order valence-electron chi connectivity index (χ3n) is 2.79. The van der Waals surface area contributed by atoms with E-state index in [1.165, 1.54) is 18.4 Å². The van der Waals surface area contributed by atoms with Gasteiger partial charge in [-0.2, -0.15) is 0 Å². The minimum atomic E-state index is -3.42. The minimum Gasteiger partial charge on any atom is -0.494 e. The number of nitrogens with zero attached hydrogens (tertiary/aromatic N) is 1. The molecule has 5 nitrogen and oxygen atoms in total. The minimum absolute atomic E-state index is 0.351. The summed E-state index contributed by atoms with van der Waals surface area (Å²) in [5, 5.41) is 0. The Morgan fingerprint density at radius 2 is 1.74 bits per heavy atom. The van der Waals surface area contributed by atoms with Crippen LogP contribution in [0.5, 0.6) is 5.75 Å². The van der Waals surface area contributed by atoms with Crippen LogP contribution >= 0.6 is 0 Å². The Morgan fingerprint density at radius 3 is 2.16 bits per heavy atom. The lowest BCUT2D eigenvalue weighted by atomic mass is 10.1. The van der Waals surface area contributed by atoms with Crippen molar-refractivity contribution in [2.45, 2.75) is 25.2 Å². The summed E-state index contributed by atoms with van der Waals surface area (Å²) in [5.74, 6) is 0.682. The maximum atomic E-state index is 12.2. The fraction of sp³-hybridized carbons (Fsp3) is 0.538. The lowest BCUT2D eigenvalue weighted by molar-refractivity contribution is 0.312. The van der Waals surface area contributed by atoms with Crippen molar-refractivity contribution in [3.05, 3.63) is 23.3 Å². The summed E-state index contributed by atoms with van der Waals surface area (Å²) >= 11 is 0. The summed E-state index contributed by atoms with van der Waals surface area (Å²) in [7, 11) is -0.367. The van der Waals surface area contributed by atoms with Crippen LogP contribution in [0.2, 0.25) is 0 Å². The van der Waals surface area contributed by atoms with Crippen molar-refractivity contribution < 1.29 is 13.2 Å². The van der Waals surface area contributed by atoms with E-state index in [1.54, 1.807) is 26.0 Å². The quantitative estimate of drug-likeness (QED) is 0.800. The van der Waals surface area contributed by atoms with Gasteiger partial charge in [0.25, 0.3) is 0 Å². The summed E-state index contributed by atoms with van der Waals surface area (Å²) < 4.78 is 31.2. The monoisotopic (exact) mass is 286 g/mol. The average Bonchev–Trinajstić information content (AvgIpc) is 2.27. The zero-order valence-electron chi connectivity index (χ0n) is 11.9. The van der Waals surface area contributed by atoms with Crippen molar-refractivity contribution >= 4 is 10.0 Å². The second kappa shape index (κ2) is 6.36. The van der Waals surface area contributed by atoms with Gasteiger partial charge in [-0.05, 0) is 50.1 Å². The number of ether oxygens (including phenoxy) is 1. The van der Waals surface area contributed by atoms with Gasteiger partial charge in [0.1, 0.15) is 5.75 Å². The zero-order chi connectivity index (χ0) is 14.6. The molecule has 1 rings (SSSR count). The summed E-state index contributed by atoms with van der Waals surface area (Å²) in [6, 6.07) is 3.50. The highest BCUT2D eigenvalue weighted by Crippen LogP contribution is 2.27. The number of sulfonamides is 1. The highest BCUT2D eigenvalue weighted by atomic mass is 32.2. The van der Waals surface area contributed by atoms with Crippen molar-refractivity contribution in [1.29, 1.82) is 0 Å². The molecular formula is C13H22N2O3S. The van der Waals surface area contributed by atoms with Crippen LogP contribution in [0.4, 0.5) is 0 Å². The molecule has 1 aromatic carbocycles. The number of benzene rings is 1. The fourth-order valence-electron chi connectivity index (χ4n) is 1.86. The zero-order valence-corrected chi connectivity index (χ0v) is 12.8. The highest BCUT2D eigenvalue weighted by Gasteiger charge is 2.22. The summed E-state index contributed by atoms with van der Waals surface area (Å²) in [6.45, 7) is 4.67. The molecule has 0 amide bonds. The normalized spacial score (nSPS) is 11.9. The van der Waals surface area contributed by atoms with Crippen LogP contribution in [0.15, 0.2) is 17.0 Å². The number of hydrogen-bond donors (Lipinski definition) is 1. The van der Waals surface area contributed by atoms with Crippen LogP contribution in [-0.4, -0.2) is 40.0 Å². The third-order valence-corrected chi connectivity index (χ3v) is 4.91. The maximum Gasteiger partial charge on any atom is 0.243 e. The first kappa shape index (κ1) is 15.9. The average molecular weight is 286 g/mol. The van der Waals surface area contributed by atoms with E-state index in [-0.39, 0.29) is 0 Å². The SMILES string of the molecule is Cc1cc(OCCCN)cc(C)c1S(=O)(=O)N(C)C. The summed E-state index contributed by atoms with van der Waals surface area (Å²) in [5.41, 5.74) is 6.78. The van der Waals surface area contributed by atoms with Gasteiger partial charge in [0.2, 0.25) is 10.0 Å². The number of rotatable bonds is 6. The van der Waals surface area contributed by atoms with E-state index in [0.29, 0.717) is 34.9 Å². The molecule has 0 fully saturated rings. The number of hydrogen-bond acceptors (Lipinski definition) is 4. The first-order chi connectivity index (χ1) is 8.80. The van der Waals surface area contributed by atoms with E-state index < -0.39 is 10.0 Å². The molecule has 19 heavy (non-hydrogen) atoms. The van der Waals surface area contributed by atoms with E-state index in [0.717, 1.165) is 6.42 Å². The summed E-state index contributed by atoms with van der Waals surface area (Å²) in [4.78, 5) is 0.351. The van der Waals surface area contributed by atoms with Gasteiger partial charge in [-0.15, -0.1) is 0 Å². The second-order valence-corrected chi connectivity index (χ2v) is 6.75. The van der Waals surface area contributed by atoms with Crippen molar-refractivity contribution in [2.24, 2.45) is 5.73 Å². The Hall–Kier alpha value is -1.11. The molecule has 0 bridgehead atoms. The van der Waals surface area contributed by atoms with Gasteiger partial charge in [-0.25, -0.2) is 12.7 Å². The smallest absolute Gasteiger partial charge is 0.243 e. The van der Waals surface area contributed by atoms with Crippen LogP contribution in [0.3, 0.4) is 0 Å². The Labute approximate surface area is 115 Å². The number of aryl methyl sites for hydroxylation is 2. The molecule has 0 heterocycles. The number of nitrogens with two attached hydrogens (primary N) is 1. The first-order valence-electron chi connectivity index (χ1n) is 6.17. The molecule has 6 heteroatoms. The van der Waals surface area contributed by atoms with Crippen molar-refractivity contribution in [1.82, 2.24) is 4.31 Å². The molecule has 2 N–H and O–H groups in total. The molecule has 0 aliphatic rings. The van der Waals surface area contributed by atoms with Crippen LogP contribution < -0.4 is 10.5 Å². The predicted molar refractivity (Wildman–Crippen MR) is 76.0 cm³/mol. The van der Waals surface area contributed by atoms with Crippen LogP contribution in [0.1, 0.15) is 17.5 Å². The third kappa shape index (κ3) is 3.68. The molecule has 0 unspecified atom stereocenters. The van der Waals surface area contributed by atoms with Gasteiger partial charge in [-0.3, -0.25) is 0 Å². The molecule has 0 aromatic heterocycles. The second-order valence-electron chi connectivity index (χ2n) is 4.66. The van der Waals surface area contributed by atoms with E-state index >= 15 is 0 Å². The Balaban J connectivity index is 3.12. The largest absolute Gasteiger partial charge is 0.494 e. The standard InChI is InChI=1S/C13H22N2O3S/c1-10-8-12(18-7-5-6-14)9-11(2)13(10)19(16,17)15(3)4/h8-9H,5-7,14H2,1-4H3. The topological polar surface area (TPSA) is 72.6 Å². The molecule has 0 saturated carbocycles. The predicted octanol–water partition coefficient (Wildman–Crippen LogP) is 1.28. The molecule has 0 aliphatic heterocycles. The van der Waals surface area contributed by atoms with Crippen LogP contribution in [0, 0.1) is 13.8 Å². The van der Waals surface area contributed by atoms with E-state index in [4.69, 9.17) is 10.5 Å². The Kier molecular flexibility index (Phi) is 5.34. The van der Waals surface area contributed by atoms with Crippen molar-refractivity contribution in [3.8, 4) is 5.75 Å². The molecule has 0 saturated heterocycles. The van der Waals surface area contributed by atoms with E-state index in [9.17, 15) is 8.42 Å². The van der Waals surface area contributed by atoms with Crippen LogP contribution in [0.25, 0.3) is 0 Å². The fourth-order valence-corrected chi connectivity index (χ4v) is 3.15. The van der Waals surface area contributed by atoms with Gasteiger partial charge < -0.3 is 10.5 Å². The molecule has 1 aromatic rings. The van der Waals surface area contributed by atoms with E-state index in [1.807, 2.05) is 0 Å². The van der Waals surface area contributed by atoms with Crippen molar-refractivity contribution in [3.63, 3.8) is 0 Å². The van der Waals surface area contributed by atoms with Crippen molar-refractivity contribution in [2.75, 3.05) is 27.2 Å². The van der Waals surface area contributed by atoms with Gasteiger partial charge in [-0.1, -0.05) is 0 Å². The van der Waals surface area contributed by atoms with E-state index in [2.05, 4.69) is 0 Å². The van der Waals surface area contributed by atoms with Crippen LogP contribution in [-0.2, 0) is 10.0 Å². The molecule has 0 spiro atoms. The molecule has 0 aliphatic carbocycles. The lowest BCUT2D eigenvalue weighted by Crippen LogP contribution is -2.24. The maximum absolute atomic E-state index is 12.2. The van der Waals surface area contributed by atoms with Gasteiger partial charge in [0.05, 0.1) is 11.5 Å². The lowest BCUT2D eigenvalue weighted by Gasteiger charge is -2.17. The van der Waals surface area contributed by atoms with Gasteiger partial charge >= 0.3 is 0 Å². The Morgan fingerprint density at radius 1 is 1.21 bits per heavy atom. The first-order valence-corrected chi connectivity index (χ1v) is 7.61. The molecule has 108 valence electrons. The molecular weight excluding hydrogens is 264 g/mol. The molecule has 0 radical (unpaired) electrons. The molecule has 0 atom stereocenters. The highest BCUT2D eigenvalue weighted by molar-refractivity contribution is 7.89. The van der Waals surface area contributed by atoms with Gasteiger partial charge in [0.15, 0.2) is 0 Å². The summed E-state index contributed by atoms with van der Waals surface area (Å²) in [6.07, 6.45) is 0.774. The Bertz CT molecular complexity index is 516. The van der Waals surface area contributed by atoms with Gasteiger partial charge in [0, 0.05) is 14.1 Å².